The molecule has 2 aromatic carbocycles. The van der Waals surface area contributed by atoms with Crippen LogP contribution in [-0.2, 0) is 11.3 Å². The fraction of sp³-hybridized carbons (Fsp3) is 0.292. The van der Waals surface area contributed by atoms with Gasteiger partial charge in [0, 0.05) is 28.9 Å². The molecule has 5 heteroatoms. The van der Waals surface area contributed by atoms with Gasteiger partial charge in [-0.2, -0.15) is 0 Å². The number of esters is 1. The first-order chi connectivity index (χ1) is 14.1. The van der Waals surface area contributed by atoms with Crippen LogP contribution in [0, 0.1) is 0 Å². The van der Waals surface area contributed by atoms with E-state index in [4.69, 9.17) is 16.3 Å². The number of fused-ring (bicyclic) bond motifs is 1. The summed E-state index contributed by atoms with van der Waals surface area (Å²) in [6.45, 7) is 11.5. The second-order valence-electron chi connectivity index (χ2n) is 6.82. The van der Waals surface area contributed by atoms with Crippen molar-refractivity contribution in [2.24, 2.45) is 0 Å². The molecule has 29 heavy (non-hydrogen) atoms. The molecule has 0 radical (unpaired) electrons. The van der Waals surface area contributed by atoms with E-state index < -0.39 is 0 Å². The predicted molar refractivity (Wildman–Crippen MR) is 121 cm³/mol. The zero-order valence-electron chi connectivity index (χ0n) is 17.0. The number of nitrogens with zero attached hydrogens (tertiary/aromatic N) is 2. The Morgan fingerprint density at radius 2 is 1.86 bits per heavy atom. The highest BCUT2D eigenvalue weighted by Crippen LogP contribution is 2.36. The Morgan fingerprint density at radius 1 is 1.14 bits per heavy atom. The summed E-state index contributed by atoms with van der Waals surface area (Å²) in [6.07, 6.45) is 1.58. The van der Waals surface area contributed by atoms with Crippen LogP contribution in [0.2, 0.25) is 5.02 Å². The fourth-order valence-electron chi connectivity index (χ4n) is 3.66. The minimum Gasteiger partial charge on any atom is -0.457 e. The van der Waals surface area contributed by atoms with E-state index in [9.17, 15) is 4.79 Å². The summed E-state index contributed by atoms with van der Waals surface area (Å²) < 4.78 is 7.52. The molecule has 3 rings (SSSR count). The summed E-state index contributed by atoms with van der Waals surface area (Å²) in [4.78, 5) is 15.4. The molecule has 0 bridgehead atoms. The van der Waals surface area contributed by atoms with E-state index in [0.29, 0.717) is 17.3 Å². The maximum Gasteiger partial charge on any atom is 0.355 e. The fourth-order valence-corrected chi connectivity index (χ4v) is 3.83. The van der Waals surface area contributed by atoms with Gasteiger partial charge in [-0.1, -0.05) is 74.5 Å². The number of rotatable bonds is 9. The topological polar surface area (TPSA) is 34.5 Å². The van der Waals surface area contributed by atoms with Crippen LogP contribution >= 0.6 is 11.6 Å². The van der Waals surface area contributed by atoms with Crippen LogP contribution < -0.4 is 0 Å². The summed E-state index contributed by atoms with van der Waals surface area (Å²) in [6, 6.07) is 15.8. The van der Waals surface area contributed by atoms with E-state index >= 15 is 0 Å². The summed E-state index contributed by atoms with van der Waals surface area (Å²) in [7, 11) is 0. The van der Waals surface area contributed by atoms with Gasteiger partial charge in [-0.15, -0.1) is 0 Å². The van der Waals surface area contributed by atoms with Crippen LogP contribution in [0.1, 0.15) is 24.3 Å². The first-order valence-corrected chi connectivity index (χ1v) is 10.4. The highest BCUT2D eigenvalue weighted by atomic mass is 35.5. The third kappa shape index (κ3) is 4.55. The van der Waals surface area contributed by atoms with Gasteiger partial charge in [-0.05, 0) is 30.8 Å². The zero-order valence-corrected chi connectivity index (χ0v) is 17.8. The van der Waals surface area contributed by atoms with Crippen LogP contribution in [0.25, 0.3) is 22.0 Å². The number of benzene rings is 2. The van der Waals surface area contributed by atoms with Crippen LogP contribution in [-0.4, -0.2) is 41.7 Å². The summed E-state index contributed by atoms with van der Waals surface area (Å²) >= 11 is 6.33. The minimum absolute atomic E-state index is 0.176. The molecule has 0 unspecified atom stereocenters. The number of ether oxygens (including phenoxy) is 1. The Kier molecular flexibility index (Phi) is 7.13. The van der Waals surface area contributed by atoms with Crippen molar-refractivity contribution < 1.29 is 9.53 Å². The molecule has 0 atom stereocenters. The monoisotopic (exact) mass is 410 g/mol. The number of carbonyl (C=O) groups excluding carboxylic acids is 1. The first-order valence-electron chi connectivity index (χ1n) is 9.98. The molecule has 0 aliphatic heterocycles. The molecular formula is C24H27ClN2O2. The van der Waals surface area contributed by atoms with Gasteiger partial charge >= 0.3 is 5.97 Å². The van der Waals surface area contributed by atoms with Gasteiger partial charge < -0.3 is 14.2 Å². The summed E-state index contributed by atoms with van der Waals surface area (Å²) in [5, 5.41) is 2.44. The Morgan fingerprint density at radius 3 is 2.52 bits per heavy atom. The van der Waals surface area contributed by atoms with Crippen LogP contribution in [0.15, 0.2) is 61.2 Å². The molecule has 3 aromatic rings. The normalized spacial score (nSPS) is 11.2. The third-order valence-electron chi connectivity index (χ3n) is 5.14. The number of halogens is 1. The van der Waals surface area contributed by atoms with Crippen molar-refractivity contribution in [3.63, 3.8) is 0 Å². The van der Waals surface area contributed by atoms with Crippen molar-refractivity contribution >= 4 is 28.3 Å². The maximum atomic E-state index is 13.0. The molecule has 1 heterocycles. The Balaban J connectivity index is 2.23. The van der Waals surface area contributed by atoms with E-state index in [2.05, 4.69) is 42.0 Å². The van der Waals surface area contributed by atoms with Crippen molar-refractivity contribution in [3.8, 4) is 11.3 Å². The van der Waals surface area contributed by atoms with Gasteiger partial charge in [0.25, 0.3) is 0 Å². The van der Waals surface area contributed by atoms with Gasteiger partial charge in [-0.25, -0.2) is 4.79 Å². The molecule has 0 fully saturated rings. The second-order valence-corrected chi connectivity index (χ2v) is 7.26. The SMILES string of the molecule is C=CCOC(=O)c1c2ccc(Cl)cc2c(-c2ccccc2)n1CCN(CC)CC. The van der Waals surface area contributed by atoms with Gasteiger partial charge in [0.1, 0.15) is 12.3 Å². The number of hydrogen-bond acceptors (Lipinski definition) is 3. The third-order valence-corrected chi connectivity index (χ3v) is 5.37. The zero-order chi connectivity index (χ0) is 20.8. The van der Waals surface area contributed by atoms with E-state index in [1.165, 1.54) is 0 Å². The molecule has 4 nitrogen and oxygen atoms in total. The van der Waals surface area contributed by atoms with Crippen molar-refractivity contribution in [2.75, 3.05) is 26.2 Å². The van der Waals surface area contributed by atoms with E-state index in [-0.39, 0.29) is 12.6 Å². The Bertz CT molecular complexity index is 991. The van der Waals surface area contributed by atoms with Crippen molar-refractivity contribution in [1.82, 2.24) is 9.47 Å². The van der Waals surface area contributed by atoms with E-state index in [0.717, 1.165) is 41.7 Å². The van der Waals surface area contributed by atoms with Crippen LogP contribution in [0.3, 0.4) is 0 Å². The smallest absolute Gasteiger partial charge is 0.355 e. The van der Waals surface area contributed by atoms with Crippen molar-refractivity contribution in [1.29, 1.82) is 0 Å². The van der Waals surface area contributed by atoms with Crippen molar-refractivity contribution in [3.05, 3.63) is 71.9 Å². The molecule has 1 aromatic heterocycles. The molecule has 0 saturated heterocycles. The van der Waals surface area contributed by atoms with Gasteiger partial charge in [-0.3, -0.25) is 0 Å². The van der Waals surface area contributed by atoms with Crippen LogP contribution in [0.4, 0.5) is 0 Å². The largest absolute Gasteiger partial charge is 0.457 e. The average molecular weight is 411 g/mol. The number of likely N-dealkylation sites (N-methyl/N-ethyl adjacent to an activating group) is 1. The molecule has 0 aliphatic rings. The standard InChI is InChI=1S/C24H27ClN2O2/c1-4-16-29-24(28)23-20-13-12-19(25)17-21(20)22(18-10-8-7-9-11-18)27(23)15-14-26(5-2)6-3/h4,7-13,17H,1,5-6,14-16H2,2-3H3. The molecule has 0 spiro atoms. The number of aromatic nitrogens is 1. The second kappa shape index (κ2) is 9.77. The average Bonchev–Trinajstić information content (AvgIpc) is 3.06. The van der Waals surface area contributed by atoms with Crippen LogP contribution in [0.5, 0.6) is 0 Å². The molecule has 0 aliphatic carbocycles. The quantitative estimate of drug-likeness (QED) is 0.338. The summed E-state index contributed by atoms with van der Waals surface area (Å²) in [5.41, 5.74) is 2.59. The lowest BCUT2D eigenvalue weighted by molar-refractivity contribution is 0.0539. The maximum absolute atomic E-state index is 13.0. The Hall–Kier alpha value is -2.56. The highest BCUT2D eigenvalue weighted by Gasteiger charge is 2.24. The number of carbonyl (C=O) groups is 1. The summed E-state index contributed by atoms with van der Waals surface area (Å²) in [5.74, 6) is -0.348. The lowest BCUT2D eigenvalue weighted by Crippen LogP contribution is -2.28. The molecule has 0 N–H and O–H groups in total. The molecule has 0 saturated carbocycles. The lowest BCUT2D eigenvalue weighted by atomic mass is 10.1. The minimum atomic E-state index is -0.348. The van der Waals surface area contributed by atoms with Gasteiger partial charge in [0.2, 0.25) is 0 Å². The predicted octanol–water partition coefficient (Wildman–Crippen LogP) is 5.65. The lowest BCUT2D eigenvalue weighted by Gasteiger charge is -2.20. The molecule has 0 amide bonds. The Labute approximate surface area is 177 Å². The molecule has 152 valence electrons. The van der Waals surface area contributed by atoms with Crippen molar-refractivity contribution in [2.45, 2.75) is 20.4 Å². The first kappa shape index (κ1) is 21.2. The highest BCUT2D eigenvalue weighted by molar-refractivity contribution is 6.31. The number of hydrogen-bond donors (Lipinski definition) is 0. The van der Waals surface area contributed by atoms with Gasteiger partial charge in [0.15, 0.2) is 0 Å². The van der Waals surface area contributed by atoms with Gasteiger partial charge in [0.05, 0.1) is 5.69 Å². The van der Waals surface area contributed by atoms with E-state index in [1.807, 2.05) is 36.4 Å². The molecular weight excluding hydrogens is 384 g/mol. The van der Waals surface area contributed by atoms with E-state index in [1.54, 1.807) is 6.08 Å².